The summed E-state index contributed by atoms with van der Waals surface area (Å²) in [5.41, 5.74) is 3.04. The highest BCUT2D eigenvalue weighted by molar-refractivity contribution is 6.03. The molecule has 0 fully saturated rings. The van der Waals surface area contributed by atoms with Crippen LogP contribution in [0.2, 0.25) is 0 Å². The summed E-state index contributed by atoms with van der Waals surface area (Å²) >= 11 is 0. The number of ether oxygens (including phenoxy) is 1. The molecule has 3 rings (SSSR count). The zero-order valence-electron chi connectivity index (χ0n) is 15.2. The van der Waals surface area contributed by atoms with Gasteiger partial charge in [0.25, 0.3) is 5.91 Å². The smallest absolute Gasteiger partial charge is 0.268 e. The van der Waals surface area contributed by atoms with E-state index in [4.69, 9.17) is 4.74 Å². The molecule has 0 saturated carbocycles. The fraction of sp³-hybridized carbons (Fsp3) is 0.333. The topological polar surface area (TPSA) is 58.6 Å². The molecule has 1 aliphatic rings. The van der Waals surface area contributed by atoms with E-state index in [-0.39, 0.29) is 18.4 Å². The molecule has 26 heavy (non-hydrogen) atoms. The van der Waals surface area contributed by atoms with Crippen molar-refractivity contribution in [3.63, 3.8) is 0 Å². The number of carbonyl (C=O) groups is 2. The Labute approximate surface area is 154 Å². The molecule has 0 aromatic heterocycles. The van der Waals surface area contributed by atoms with Gasteiger partial charge in [0, 0.05) is 6.54 Å². The Kier molecular flexibility index (Phi) is 5.56. The van der Waals surface area contributed by atoms with Gasteiger partial charge in [-0.2, -0.15) is 0 Å². The molecule has 1 aliphatic heterocycles. The Morgan fingerprint density at radius 2 is 1.88 bits per heavy atom. The predicted molar refractivity (Wildman–Crippen MR) is 101 cm³/mol. The van der Waals surface area contributed by atoms with Crippen LogP contribution in [-0.2, 0) is 16.0 Å². The maximum atomic E-state index is 12.6. The van der Waals surface area contributed by atoms with Gasteiger partial charge >= 0.3 is 0 Å². The highest BCUT2D eigenvalue weighted by Crippen LogP contribution is 2.34. The molecule has 0 radical (unpaired) electrons. The maximum absolute atomic E-state index is 12.6. The maximum Gasteiger partial charge on any atom is 0.268 e. The summed E-state index contributed by atoms with van der Waals surface area (Å²) in [6.45, 7) is 4.49. The minimum Gasteiger partial charge on any atom is -0.478 e. The first-order valence-corrected chi connectivity index (χ1v) is 8.97. The summed E-state index contributed by atoms with van der Waals surface area (Å²) in [5, 5.41) is 2.90. The number of anilines is 1. The highest BCUT2D eigenvalue weighted by atomic mass is 16.5. The van der Waals surface area contributed by atoms with Crippen molar-refractivity contribution in [2.24, 2.45) is 0 Å². The Morgan fingerprint density at radius 3 is 2.62 bits per heavy atom. The van der Waals surface area contributed by atoms with E-state index in [1.807, 2.05) is 32.0 Å². The lowest BCUT2D eigenvalue weighted by atomic mass is 10.1. The first-order valence-electron chi connectivity index (χ1n) is 8.97. The van der Waals surface area contributed by atoms with Crippen LogP contribution < -0.4 is 15.0 Å². The molecule has 1 atom stereocenters. The zero-order valence-corrected chi connectivity index (χ0v) is 15.2. The van der Waals surface area contributed by atoms with Gasteiger partial charge in [0.15, 0.2) is 6.10 Å². The highest BCUT2D eigenvalue weighted by Gasteiger charge is 2.34. The Hall–Kier alpha value is -2.82. The van der Waals surface area contributed by atoms with Gasteiger partial charge in [0.2, 0.25) is 5.91 Å². The van der Waals surface area contributed by atoms with Crippen LogP contribution >= 0.6 is 0 Å². The summed E-state index contributed by atoms with van der Waals surface area (Å²) in [7, 11) is 0. The van der Waals surface area contributed by atoms with Gasteiger partial charge in [-0.15, -0.1) is 0 Å². The van der Waals surface area contributed by atoms with E-state index in [0.717, 1.165) is 6.42 Å². The van der Waals surface area contributed by atoms with E-state index in [0.29, 0.717) is 24.4 Å². The van der Waals surface area contributed by atoms with Gasteiger partial charge in [-0.3, -0.25) is 14.5 Å². The Balaban J connectivity index is 1.60. The van der Waals surface area contributed by atoms with Crippen LogP contribution in [0.3, 0.4) is 0 Å². The Bertz CT molecular complexity index is 786. The van der Waals surface area contributed by atoms with E-state index in [9.17, 15) is 9.59 Å². The van der Waals surface area contributed by atoms with Crippen molar-refractivity contribution in [1.82, 2.24) is 5.32 Å². The van der Waals surface area contributed by atoms with Crippen LogP contribution in [0.4, 0.5) is 5.69 Å². The molecule has 0 saturated heterocycles. The van der Waals surface area contributed by atoms with Gasteiger partial charge in [0.05, 0.1) is 5.69 Å². The lowest BCUT2D eigenvalue weighted by Crippen LogP contribution is -2.49. The number of carbonyl (C=O) groups excluding carboxylic acids is 2. The molecule has 2 aromatic carbocycles. The fourth-order valence-corrected chi connectivity index (χ4v) is 3.00. The van der Waals surface area contributed by atoms with Crippen molar-refractivity contribution in [3.05, 3.63) is 59.7 Å². The SMILES string of the molecule is CCC1Oc2ccccc2N(CC(=O)NCCc2ccc(C)cc2)C1=O. The number of rotatable bonds is 6. The monoisotopic (exact) mass is 352 g/mol. The lowest BCUT2D eigenvalue weighted by Gasteiger charge is -2.33. The van der Waals surface area contributed by atoms with E-state index in [2.05, 4.69) is 29.6 Å². The van der Waals surface area contributed by atoms with E-state index < -0.39 is 6.10 Å². The molecule has 1 unspecified atom stereocenters. The average Bonchev–Trinajstić information content (AvgIpc) is 2.65. The molecular formula is C21H24N2O3. The normalized spacial score (nSPS) is 16.0. The molecule has 0 aliphatic carbocycles. The second kappa shape index (κ2) is 8.04. The first-order chi connectivity index (χ1) is 12.6. The molecule has 136 valence electrons. The number of fused-ring (bicyclic) bond motifs is 1. The van der Waals surface area contributed by atoms with Crippen molar-refractivity contribution >= 4 is 17.5 Å². The number of amides is 2. The number of nitrogens with one attached hydrogen (secondary N) is 1. The minimum atomic E-state index is -0.537. The number of para-hydroxylation sites is 2. The summed E-state index contributed by atoms with van der Waals surface area (Å²) in [6.07, 6.45) is 0.793. The second-order valence-electron chi connectivity index (χ2n) is 6.49. The quantitative estimate of drug-likeness (QED) is 0.870. The van der Waals surface area contributed by atoms with Gasteiger partial charge in [0.1, 0.15) is 12.3 Å². The van der Waals surface area contributed by atoms with E-state index in [1.165, 1.54) is 16.0 Å². The average molecular weight is 352 g/mol. The largest absolute Gasteiger partial charge is 0.478 e. The van der Waals surface area contributed by atoms with Gasteiger partial charge < -0.3 is 10.1 Å². The number of hydrogen-bond donors (Lipinski definition) is 1. The number of nitrogens with zero attached hydrogens (tertiary/aromatic N) is 1. The first kappa shape index (κ1) is 18.0. The minimum absolute atomic E-state index is 0.00358. The molecular weight excluding hydrogens is 328 g/mol. The fourth-order valence-electron chi connectivity index (χ4n) is 3.00. The summed E-state index contributed by atoms with van der Waals surface area (Å²) in [4.78, 5) is 26.5. The van der Waals surface area contributed by atoms with Crippen LogP contribution in [0.25, 0.3) is 0 Å². The van der Waals surface area contributed by atoms with Gasteiger partial charge in [-0.1, -0.05) is 48.9 Å². The van der Waals surface area contributed by atoms with E-state index >= 15 is 0 Å². The number of aryl methyl sites for hydroxylation is 1. The third kappa shape index (κ3) is 4.04. The van der Waals surface area contributed by atoms with Crippen molar-refractivity contribution < 1.29 is 14.3 Å². The standard InChI is InChI=1S/C21H24N2O3/c1-3-18-21(25)23(17-6-4-5-7-19(17)26-18)14-20(24)22-13-12-16-10-8-15(2)9-11-16/h4-11,18H,3,12-14H2,1-2H3,(H,22,24). The van der Waals surface area contributed by atoms with Crippen molar-refractivity contribution in [2.45, 2.75) is 32.8 Å². The predicted octanol–water partition coefficient (Wildman–Crippen LogP) is 2.86. The second-order valence-corrected chi connectivity index (χ2v) is 6.49. The van der Waals surface area contributed by atoms with E-state index in [1.54, 1.807) is 6.07 Å². The lowest BCUT2D eigenvalue weighted by molar-refractivity contribution is -0.129. The third-order valence-corrected chi connectivity index (χ3v) is 4.50. The molecule has 5 nitrogen and oxygen atoms in total. The summed E-state index contributed by atoms with van der Waals surface area (Å²) < 4.78 is 5.73. The van der Waals surface area contributed by atoms with Crippen molar-refractivity contribution in [1.29, 1.82) is 0 Å². The van der Waals surface area contributed by atoms with Gasteiger partial charge in [-0.25, -0.2) is 0 Å². The number of benzene rings is 2. The number of hydrogen-bond acceptors (Lipinski definition) is 3. The summed E-state index contributed by atoms with van der Waals surface area (Å²) in [6, 6.07) is 15.6. The van der Waals surface area contributed by atoms with Crippen LogP contribution in [0.5, 0.6) is 5.75 Å². The molecule has 0 spiro atoms. The van der Waals surface area contributed by atoms with Crippen molar-refractivity contribution in [2.75, 3.05) is 18.0 Å². The third-order valence-electron chi connectivity index (χ3n) is 4.50. The molecule has 0 bridgehead atoms. The molecule has 2 aromatic rings. The summed E-state index contributed by atoms with van der Waals surface area (Å²) in [5.74, 6) is 0.309. The van der Waals surface area contributed by atoms with Crippen LogP contribution in [-0.4, -0.2) is 31.0 Å². The molecule has 1 heterocycles. The van der Waals surface area contributed by atoms with Crippen LogP contribution in [0.15, 0.2) is 48.5 Å². The van der Waals surface area contributed by atoms with Crippen LogP contribution in [0, 0.1) is 6.92 Å². The van der Waals surface area contributed by atoms with Crippen molar-refractivity contribution in [3.8, 4) is 5.75 Å². The Morgan fingerprint density at radius 1 is 1.15 bits per heavy atom. The molecule has 1 N–H and O–H groups in total. The molecule has 2 amide bonds. The van der Waals surface area contributed by atoms with Crippen LogP contribution in [0.1, 0.15) is 24.5 Å². The van der Waals surface area contributed by atoms with Gasteiger partial charge in [-0.05, 0) is 37.5 Å². The zero-order chi connectivity index (χ0) is 18.5. The molecule has 5 heteroatoms.